The highest BCUT2D eigenvalue weighted by Gasteiger charge is 2.49. The highest BCUT2D eigenvalue weighted by molar-refractivity contribution is 6.30. The summed E-state index contributed by atoms with van der Waals surface area (Å²) < 4.78 is 18.3. The van der Waals surface area contributed by atoms with E-state index in [4.69, 9.17) is 22.1 Å². The molecule has 10 heteroatoms. The maximum Gasteiger partial charge on any atom is 0.410 e. The second-order valence-corrected chi connectivity index (χ2v) is 7.19. The third-order valence-electron chi connectivity index (χ3n) is 4.56. The van der Waals surface area contributed by atoms with Gasteiger partial charge < -0.3 is 25.8 Å². The number of anilines is 1. The molecule has 0 radical (unpaired) electrons. The molecule has 1 atom stereocenters. The minimum atomic E-state index is -2.34. The van der Waals surface area contributed by atoms with Crippen LogP contribution >= 0.6 is 11.6 Å². The first-order valence-electron chi connectivity index (χ1n) is 9.04. The van der Waals surface area contributed by atoms with Crippen molar-refractivity contribution in [3.63, 3.8) is 0 Å². The maximum atomic E-state index is 13.3. The van der Waals surface area contributed by atoms with Crippen molar-refractivity contribution in [2.45, 2.75) is 18.6 Å². The fourth-order valence-electron chi connectivity index (χ4n) is 3.10. The van der Waals surface area contributed by atoms with E-state index in [1.165, 1.54) is 29.2 Å². The molecule has 0 aromatic heterocycles. The summed E-state index contributed by atoms with van der Waals surface area (Å²) in [7, 11) is 0. The first kappa shape index (κ1) is 21.5. The third kappa shape index (κ3) is 4.87. The standard InChI is InChI=1S/C20H19ClFN3O5/c21-14-8-12(9-15(22)11-14)4-6-24-19(28)30-20(29)5-7-25(18(20)27)16-3-1-2-13(10-16)17(23)26/h1-3,8-11,29H,4-7H2,(H2,23,26)(H,24,28)/t20-/m0/s1. The first-order valence-corrected chi connectivity index (χ1v) is 9.42. The highest BCUT2D eigenvalue weighted by Crippen LogP contribution is 2.29. The number of nitrogens with zero attached hydrogens (tertiary/aromatic N) is 1. The van der Waals surface area contributed by atoms with Gasteiger partial charge in [0.15, 0.2) is 0 Å². The Morgan fingerprint density at radius 3 is 2.77 bits per heavy atom. The van der Waals surface area contributed by atoms with Gasteiger partial charge in [0, 0.05) is 35.8 Å². The van der Waals surface area contributed by atoms with Gasteiger partial charge >= 0.3 is 6.09 Å². The Balaban J connectivity index is 1.58. The summed E-state index contributed by atoms with van der Waals surface area (Å²) in [6, 6.07) is 10.0. The molecule has 2 aromatic carbocycles. The van der Waals surface area contributed by atoms with E-state index in [2.05, 4.69) is 5.32 Å². The average Bonchev–Trinajstić information content (AvgIpc) is 2.95. The number of primary amides is 1. The van der Waals surface area contributed by atoms with Crippen LogP contribution in [-0.2, 0) is 16.0 Å². The van der Waals surface area contributed by atoms with Crippen LogP contribution in [0.4, 0.5) is 14.9 Å². The molecule has 1 fully saturated rings. The highest BCUT2D eigenvalue weighted by atomic mass is 35.5. The van der Waals surface area contributed by atoms with Gasteiger partial charge in [-0.2, -0.15) is 0 Å². The molecule has 2 aromatic rings. The number of amides is 3. The van der Waals surface area contributed by atoms with Crippen molar-refractivity contribution in [1.82, 2.24) is 5.32 Å². The number of ether oxygens (including phenoxy) is 1. The molecule has 0 saturated carbocycles. The predicted octanol–water partition coefficient (Wildman–Crippen LogP) is 1.97. The van der Waals surface area contributed by atoms with E-state index in [1.807, 2.05) is 0 Å². The number of hydrogen-bond acceptors (Lipinski definition) is 5. The van der Waals surface area contributed by atoms with Gasteiger partial charge in [-0.05, 0) is 48.4 Å². The number of nitrogens with two attached hydrogens (primary N) is 1. The summed E-state index contributed by atoms with van der Waals surface area (Å²) in [4.78, 5) is 37.2. The minimum Gasteiger partial charge on any atom is -0.407 e. The van der Waals surface area contributed by atoms with Crippen LogP contribution in [0, 0.1) is 5.82 Å². The van der Waals surface area contributed by atoms with E-state index in [9.17, 15) is 23.9 Å². The number of rotatable bonds is 6. The van der Waals surface area contributed by atoms with Gasteiger partial charge in [0.2, 0.25) is 5.91 Å². The molecule has 0 aliphatic carbocycles. The number of nitrogens with one attached hydrogen (secondary N) is 1. The lowest BCUT2D eigenvalue weighted by atomic mass is 10.1. The molecule has 4 N–H and O–H groups in total. The second kappa shape index (κ2) is 8.68. The van der Waals surface area contributed by atoms with Gasteiger partial charge in [-0.1, -0.05) is 17.7 Å². The van der Waals surface area contributed by atoms with Gasteiger partial charge in [-0.3, -0.25) is 9.59 Å². The minimum absolute atomic E-state index is 0.0760. The summed E-state index contributed by atoms with van der Waals surface area (Å²) >= 11 is 5.78. The maximum absolute atomic E-state index is 13.3. The largest absolute Gasteiger partial charge is 0.410 e. The quantitative estimate of drug-likeness (QED) is 0.599. The predicted molar refractivity (Wildman–Crippen MR) is 106 cm³/mol. The molecule has 1 saturated heterocycles. The number of hydrogen-bond donors (Lipinski definition) is 3. The summed E-state index contributed by atoms with van der Waals surface area (Å²) in [5.74, 6) is -4.33. The van der Waals surface area contributed by atoms with Gasteiger partial charge in [0.25, 0.3) is 11.7 Å². The second-order valence-electron chi connectivity index (χ2n) is 6.75. The molecule has 3 amide bonds. The summed E-state index contributed by atoms with van der Waals surface area (Å²) in [5, 5.41) is 13.1. The molecular formula is C20H19ClFN3O5. The molecule has 3 rings (SSSR count). The number of benzene rings is 2. The summed E-state index contributed by atoms with van der Waals surface area (Å²) in [5.41, 5.74) is 6.36. The number of carbonyl (C=O) groups excluding carboxylic acids is 3. The van der Waals surface area contributed by atoms with E-state index >= 15 is 0 Å². The van der Waals surface area contributed by atoms with Crippen LogP contribution in [0.15, 0.2) is 42.5 Å². The van der Waals surface area contributed by atoms with Crippen LogP contribution in [0.25, 0.3) is 0 Å². The van der Waals surface area contributed by atoms with E-state index in [1.54, 1.807) is 18.2 Å². The smallest absolute Gasteiger partial charge is 0.407 e. The average molecular weight is 436 g/mol. The zero-order valence-corrected chi connectivity index (χ0v) is 16.5. The van der Waals surface area contributed by atoms with Crippen molar-refractivity contribution in [1.29, 1.82) is 0 Å². The molecule has 0 unspecified atom stereocenters. The van der Waals surface area contributed by atoms with Crippen LogP contribution < -0.4 is 16.0 Å². The SMILES string of the molecule is NC(=O)c1cccc(N2CC[C@](O)(OC(=O)NCCc3cc(F)cc(Cl)c3)C2=O)c1. The van der Waals surface area contributed by atoms with Crippen LogP contribution in [-0.4, -0.2) is 41.9 Å². The summed E-state index contributed by atoms with van der Waals surface area (Å²) in [6.45, 7) is 0.153. The third-order valence-corrected chi connectivity index (χ3v) is 4.78. The number of aliphatic hydroxyl groups is 1. The Kier molecular flexibility index (Phi) is 6.23. The van der Waals surface area contributed by atoms with Gasteiger partial charge in [-0.15, -0.1) is 0 Å². The lowest BCUT2D eigenvalue weighted by Gasteiger charge is -2.22. The first-order chi connectivity index (χ1) is 14.2. The van der Waals surface area contributed by atoms with Crippen molar-refractivity contribution in [3.05, 3.63) is 64.4 Å². The molecule has 30 heavy (non-hydrogen) atoms. The van der Waals surface area contributed by atoms with Gasteiger partial charge in [0.05, 0.1) is 0 Å². The number of carbonyl (C=O) groups is 3. The summed E-state index contributed by atoms with van der Waals surface area (Å²) in [6.07, 6.45) is -0.883. The van der Waals surface area contributed by atoms with Crippen LogP contribution in [0.5, 0.6) is 0 Å². The molecule has 158 valence electrons. The van der Waals surface area contributed by atoms with Crippen LogP contribution in [0.1, 0.15) is 22.3 Å². The zero-order chi connectivity index (χ0) is 21.9. The Hall–Kier alpha value is -3.17. The molecule has 0 spiro atoms. The van der Waals surface area contributed by atoms with E-state index < -0.39 is 29.5 Å². The molecule has 1 aliphatic heterocycles. The van der Waals surface area contributed by atoms with E-state index in [-0.39, 0.29) is 36.5 Å². The Labute approximate surface area is 176 Å². The van der Waals surface area contributed by atoms with Crippen LogP contribution in [0.2, 0.25) is 5.02 Å². The fourth-order valence-corrected chi connectivity index (χ4v) is 3.35. The molecule has 1 heterocycles. The fraction of sp³-hybridized carbons (Fsp3) is 0.250. The molecule has 8 nitrogen and oxygen atoms in total. The van der Waals surface area contributed by atoms with Crippen molar-refractivity contribution in [2.75, 3.05) is 18.0 Å². The van der Waals surface area contributed by atoms with Crippen molar-refractivity contribution in [3.8, 4) is 0 Å². The molecule has 1 aliphatic rings. The normalized spacial score (nSPS) is 18.4. The number of alkyl carbamates (subject to hydrolysis) is 1. The lowest BCUT2D eigenvalue weighted by Crippen LogP contribution is -2.46. The van der Waals surface area contributed by atoms with Gasteiger partial charge in [0.1, 0.15) is 5.82 Å². The monoisotopic (exact) mass is 435 g/mol. The lowest BCUT2D eigenvalue weighted by molar-refractivity contribution is -0.175. The van der Waals surface area contributed by atoms with E-state index in [0.29, 0.717) is 11.3 Å². The van der Waals surface area contributed by atoms with Gasteiger partial charge in [-0.25, -0.2) is 9.18 Å². The van der Waals surface area contributed by atoms with Crippen LogP contribution in [0.3, 0.4) is 0 Å². The van der Waals surface area contributed by atoms with Crippen molar-refractivity contribution >= 4 is 35.2 Å². The van der Waals surface area contributed by atoms with Crippen molar-refractivity contribution in [2.24, 2.45) is 5.73 Å². The Bertz CT molecular complexity index is 982. The number of halogens is 2. The Morgan fingerprint density at radius 2 is 2.07 bits per heavy atom. The molecule has 0 bridgehead atoms. The molecular weight excluding hydrogens is 417 g/mol. The van der Waals surface area contributed by atoms with E-state index in [0.717, 1.165) is 0 Å². The Morgan fingerprint density at radius 1 is 1.30 bits per heavy atom. The zero-order valence-electron chi connectivity index (χ0n) is 15.7. The van der Waals surface area contributed by atoms with Crippen molar-refractivity contribution < 1.29 is 28.6 Å². The topological polar surface area (TPSA) is 122 Å².